The number of nitrogens with two attached hydrogens (primary N) is 1. The van der Waals surface area contributed by atoms with E-state index in [1.54, 1.807) is 30.0 Å². The first-order valence-corrected chi connectivity index (χ1v) is 10.1. The van der Waals surface area contributed by atoms with Gasteiger partial charge in [0.1, 0.15) is 12.4 Å². The Morgan fingerprint density at radius 1 is 1.17 bits per heavy atom. The van der Waals surface area contributed by atoms with Crippen LogP contribution in [0.15, 0.2) is 24.5 Å². The lowest BCUT2D eigenvalue weighted by Crippen LogP contribution is -2.24. The molecule has 0 spiro atoms. The Kier molecular flexibility index (Phi) is 7.25. The fraction of sp³-hybridized carbons (Fsp3) is 0.400. The smallest absolute Gasteiger partial charge is 0.217 e. The van der Waals surface area contributed by atoms with Gasteiger partial charge in [-0.3, -0.25) is 4.79 Å². The SMILES string of the molecule is CO[C@@H](C)c1c(CC(=O)Cc2cc(Cl)cnc2OC[C@H](C)N)cnc2cc(Cl)nn12. The average molecular weight is 452 g/mol. The molecular weight excluding hydrogens is 429 g/mol. The summed E-state index contributed by atoms with van der Waals surface area (Å²) in [5.74, 6) is 0.289. The summed E-state index contributed by atoms with van der Waals surface area (Å²) in [5.41, 5.74) is 8.36. The van der Waals surface area contributed by atoms with Crippen LogP contribution in [-0.4, -0.2) is 45.1 Å². The lowest BCUT2D eigenvalue weighted by molar-refractivity contribution is -0.117. The number of pyridine rings is 1. The number of aromatic nitrogens is 4. The van der Waals surface area contributed by atoms with Crippen molar-refractivity contribution in [2.45, 2.75) is 38.8 Å². The average Bonchev–Trinajstić information content (AvgIpc) is 3.06. The van der Waals surface area contributed by atoms with Gasteiger partial charge in [-0.1, -0.05) is 23.2 Å². The standard InChI is InChI=1S/C20H23Cl2N5O3/c1-11(23)10-30-20-13(4-15(21)9-25-20)5-16(28)6-14-8-24-18-7-17(22)26-27(18)19(14)12(2)29-3/h4,7-9,11-12H,5-6,10,23H2,1-3H3/t11-,12-/m0/s1. The minimum absolute atomic E-state index is 0.0614. The van der Waals surface area contributed by atoms with E-state index in [4.69, 9.17) is 38.4 Å². The fourth-order valence-corrected chi connectivity index (χ4v) is 3.42. The number of hydrogen-bond acceptors (Lipinski definition) is 7. The van der Waals surface area contributed by atoms with Crippen molar-refractivity contribution in [3.05, 3.63) is 51.5 Å². The van der Waals surface area contributed by atoms with Crippen LogP contribution in [0.3, 0.4) is 0 Å². The van der Waals surface area contributed by atoms with Crippen molar-refractivity contribution in [1.29, 1.82) is 0 Å². The van der Waals surface area contributed by atoms with Gasteiger partial charge in [-0.15, -0.1) is 0 Å². The molecule has 0 fully saturated rings. The molecule has 3 rings (SSSR count). The number of methoxy groups -OCH3 is 1. The maximum atomic E-state index is 12.9. The number of hydrogen-bond donors (Lipinski definition) is 1. The molecule has 30 heavy (non-hydrogen) atoms. The third-order valence-corrected chi connectivity index (χ3v) is 4.85. The molecule has 0 radical (unpaired) electrons. The second-order valence-corrected chi connectivity index (χ2v) is 7.91. The molecule has 2 atom stereocenters. The summed E-state index contributed by atoms with van der Waals surface area (Å²) in [4.78, 5) is 21.5. The Morgan fingerprint density at radius 3 is 2.60 bits per heavy atom. The molecule has 0 aliphatic carbocycles. The molecule has 0 unspecified atom stereocenters. The molecule has 3 aromatic rings. The number of halogens is 2. The van der Waals surface area contributed by atoms with Crippen LogP contribution in [0.5, 0.6) is 5.88 Å². The molecule has 0 saturated heterocycles. The minimum Gasteiger partial charge on any atom is -0.476 e. The maximum absolute atomic E-state index is 12.9. The second kappa shape index (κ2) is 9.70. The van der Waals surface area contributed by atoms with Gasteiger partial charge in [0.05, 0.1) is 16.8 Å². The summed E-state index contributed by atoms with van der Waals surface area (Å²) in [5, 5.41) is 5.01. The van der Waals surface area contributed by atoms with E-state index < -0.39 is 0 Å². The van der Waals surface area contributed by atoms with Gasteiger partial charge >= 0.3 is 0 Å². The molecule has 2 N–H and O–H groups in total. The van der Waals surface area contributed by atoms with Gasteiger partial charge in [0.15, 0.2) is 10.8 Å². The number of Topliss-reactive ketones (excluding diaryl/α,β-unsaturated/α-hetero) is 1. The minimum atomic E-state index is -0.313. The zero-order valence-corrected chi connectivity index (χ0v) is 18.4. The Balaban J connectivity index is 1.86. The van der Waals surface area contributed by atoms with E-state index >= 15 is 0 Å². The van der Waals surface area contributed by atoms with Crippen LogP contribution in [0.2, 0.25) is 10.2 Å². The van der Waals surface area contributed by atoms with Crippen molar-refractivity contribution >= 4 is 34.6 Å². The Morgan fingerprint density at radius 2 is 1.90 bits per heavy atom. The number of carbonyl (C=O) groups excluding carboxylic acids is 1. The Labute approximate surface area is 184 Å². The van der Waals surface area contributed by atoms with Crippen LogP contribution in [-0.2, 0) is 22.4 Å². The van der Waals surface area contributed by atoms with Gasteiger partial charge in [0, 0.05) is 55.6 Å². The Hall–Kier alpha value is -2.26. The molecular formula is C20H23Cl2N5O3. The van der Waals surface area contributed by atoms with Crippen molar-refractivity contribution < 1.29 is 14.3 Å². The highest BCUT2D eigenvalue weighted by Crippen LogP contribution is 2.25. The summed E-state index contributed by atoms with van der Waals surface area (Å²) >= 11 is 12.1. The lowest BCUT2D eigenvalue weighted by Gasteiger charge is -2.16. The second-order valence-electron chi connectivity index (χ2n) is 7.08. The van der Waals surface area contributed by atoms with Gasteiger partial charge in [-0.05, 0) is 19.9 Å². The van der Waals surface area contributed by atoms with Gasteiger partial charge in [0.25, 0.3) is 0 Å². The molecule has 0 saturated carbocycles. The monoisotopic (exact) mass is 451 g/mol. The summed E-state index contributed by atoms with van der Waals surface area (Å²) in [6.07, 6.45) is 3.04. The Bertz CT molecular complexity index is 1050. The van der Waals surface area contributed by atoms with E-state index in [1.807, 2.05) is 13.8 Å². The first-order chi connectivity index (χ1) is 14.3. The first-order valence-electron chi connectivity index (χ1n) is 9.38. The summed E-state index contributed by atoms with van der Waals surface area (Å²) in [6, 6.07) is 3.16. The molecule has 3 heterocycles. The van der Waals surface area contributed by atoms with Crippen LogP contribution in [0.1, 0.15) is 36.8 Å². The lowest BCUT2D eigenvalue weighted by atomic mass is 10.0. The van der Waals surface area contributed by atoms with Crippen molar-refractivity contribution in [1.82, 2.24) is 19.6 Å². The third kappa shape index (κ3) is 5.26. The van der Waals surface area contributed by atoms with Gasteiger partial charge in [0.2, 0.25) is 5.88 Å². The first kappa shape index (κ1) is 22.4. The quantitative estimate of drug-likeness (QED) is 0.532. The number of nitrogens with zero attached hydrogens (tertiary/aromatic N) is 4. The van der Waals surface area contributed by atoms with E-state index in [9.17, 15) is 4.79 Å². The number of carbonyl (C=O) groups is 1. The zero-order valence-electron chi connectivity index (χ0n) is 16.9. The summed E-state index contributed by atoms with van der Waals surface area (Å²) in [7, 11) is 1.59. The molecule has 0 bridgehead atoms. The molecule has 3 aromatic heterocycles. The zero-order chi connectivity index (χ0) is 21.8. The molecule has 0 aromatic carbocycles. The van der Waals surface area contributed by atoms with Crippen LogP contribution < -0.4 is 10.5 Å². The van der Waals surface area contributed by atoms with Crippen molar-refractivity contribution in [3.8, 4) is 5.88 Å². The van der Waals surface area contributed by atoms with E-state index in [0.717, 1.165) is 5.69 Å². The summed E-state index contributed by atoms with van der Waals surface area (Å²) in [6.45, 7) is 3.98. The van der Waals surface area contributed by atoms with Gasteiger partial charge < -0.3 is 15.2 Å². The van der Waals surface area contributed by atoms with E-state index in [2.05, 4.69) is 15.1 Å². The van der Waals surface area contributed by atoms with Crippen LogP contribution in [0.4, 0.5) is 0 Å². The van der Waals surface area contributed by atoms with Crippen molar-refractivity contribution in [3.63, 3.8) is 0 Å². The summed E-state index contributed by atoms with van der Waals surface area (Å²) < 4.78 is 12.7. The maximum Gasteiger partial charge on any atom is 0.217 e. The third-order valence-electron chi connectivity index (χ3n) is 4.46. The predicted molar refractivity (Wildman–Crippen MR) is 114 cm³/mol. The van der Waals surface area contributed by atoms with Crippen molar-refractivity contribution in [2.75, 3.05) is 13.7 Å². The molecule has 10 heteroatoms. The van der Waals surface area contributed by atoms with Crippen molar-refractivity contribution in [2.24, 2.45) is 5.73 Å². The van der Waals surface area contributed by atoms with Gasteiger partial charge in [-0.25, -0.2) is 14.5 Å². The normalized spacial score (nSPS) is 13.4. The highest BCUT2D eigenvalue weighted by atomic mass is 35.5. The van der Waals surface area contributed by atoms with E-state index in [1.165, 1.54) is 6.20 Å². The van der Waals surface area contributed by atoms with E-state index in [0.29, 0.717) is 32.8 Å². The number of ether oxygens (including phenoxy) is 2. The van der Waals surface area contributed by atoms with Crippen LogP contribution in [0.25, 0.3) is 5.65 Å². The number of fused-ring (bicyclic) bond motifs is 1. The highest BCUT2D eigenvalue weighted by Gasteiger charge is 2.20. The molecule has 8 nitrogen and oxygen atoms in total. The van der Waals surface area contributed by atoms with Crippen LogP contribution >= 0.6 is 23.2 Å². The largest absolute Gasteiger partial charge is 0.476 e. The molecule has 160 valence electrons. The molecule has 0 aliphatic rings. The number of ketones is 1. The van der Waals surface area contributed by atoms with E-state index in [-0.39, 0.29) is 37.4 Å². The fourth-order valence-electron chi connectivity index (χ4n) is 3.06. The molecule has 0 aliphatic heterocycles. The van der Waals surface area contributed by atoms with Gasteiger partial charge in [-0.2, -0.15) is 5.10 Å². The number of rotatable bonds is 9. The predicted octanol–water partition coefficient (Wildman–Crippen LogP) is 3.22. The molecule has 0 amide bonds. The van der Waals surface area contributed by atoms with Crippen LogP contribution in [0, 0.1) is 0 Å². The topological polar surface area (TPSA) is 105 Å². The highest BCUT2D eigenvalue weighted by molar-refractivity contribution is 6.30.